The summed E-state index contributed by atoms with van der Waals surface area (Å²) in [7, 11) is -2.65. The maximum absolute atomic E-state index is 12.6. The van der Waals surface area contributed by atoms with Crippen LogP contribution in [0, 0.1) is 0 Å². The van der Waals surface area contributed by atoms with Crippen LogP contribution in [0.25, 0.3) is 0 Å². The topological polar surface area (TPSA) is 101 Å². The minimum atomic E-state index is -4.09. The minimum Gasteiger partial charge on any atom is -0.478 e. The molecule has 0 saturated carbocycles. The van der Waals surface area contributed by atoms with E-state index in [1.165, 1.54) is 19.3 Å². The SMILES string of the molecule is CC(C)c1cccc(C(=O)O)c1NS(=O)(=O)c1c(Cl)cnn1C. The summed E-state index contributed by atoms with van der Waals surface area (Å²) in [4.78, 5) is 11.4. The molecule has 0 saturated heterocycles. The first-order chi connectivity index (χ1) is 10.6. The van der Waals surface area contributed by atoms with Crippen LogP contribution in [-0.4, -0.2) is 29.3 Å². The van der Waals surface area contributed by atoms with Gasteiger partial charge in [-0.2, -0.15) is 13.5 Å². The molecular formula is C14H16ClN3O4S. The van der Waals surface area contributed by atoms with Gasteiger partial charge in [0.15, 0.2) is 5.03 Å². The number of nitrogens with zero attached hydrogens (tertiary/aromatic N) is 2. The van der Waals surface area contributed by atoms with E-state index in [0.717, 1.165) is 4.68 Å². The van der Waals surface area contributed by atoms with E-state index in [9.17, 15) is 18.3 Å². The van der Waals surface area contributed by atoms with E-state index < -0.39 is 16.0 Å². The monoisotopic (exact) mass is 357 g/mol. The molecular weight excluding hydrogens is 342 g/mol. The number of hydrogen-bond acceptors (Lipinski definition) is 4. The highest BCUT2D eigenvalue weighted by atomic mass is 35.5. The lowest BCUT2D eigenvalue weighted by atomic mass is 9.98. The van der Waals surface area contributed by atoms with Crippen molar-refractivity contribution in [3.8, 4) is 0 Å². The van der Waals surface area contributed by atoms with Crippen LogP contribution in [0.1, 0.15) is 35.7 Å². The maximum Gasteiger partial charge on any atom is 0.337 e. The van der Waals surface area contributed by atoms with Crippen molar-refractivity contribution in [3.05, 3.63) is 40.5 Å². The van der Waals surface area contributed by atoms with E-state index in [0.29, 0.717) is 5.56 Å². The van der Waals surface area contributed by atoms with Crippen molar-refractivity contribution in [1.82, 2.24) is 9.78 Å². The molecule has 0 unspecified atom stereocenters. The molecule has 9 heteroatoms. The van der Waals surface area contributed by atoms with Gasteiger partial charge in [0.25, 0.3) is 10.0 Å². The van der Waals surface area contributed by atoms with Gasteiger partial charge in [-0.3, -0.25) is 9.40 Å². The van der Waals surface area contributed by atoms with E-state index in [2.05, 4.69) is 9.82 Å². The van der Waals surface area contributed by atoms with Gasteiger partial charge in [-0.05, 0) is 17.5 Å². The molecule has 0 aliphatic heterocycles. The third-order valence-corrected chi connectivity index (χ3v) is 5.14. The summed E-state index contributed by atoms with van der Waals surface area (Å²) >= 11 is 5.88. The van der Waals surface area contributed by atoms with Gasteiger partial charge in [0.05, 0.1) is 22.5 Å². The third kappa shape index (κ3) is 3.32. The summed E-state index contributed by atoms with van der Waals surface area (Å²) in [5.74, 6) is -1.30. The van der Waals surface area contributed by atoms with Crippen LogP contribution in [0.2, 0.25) is 5.02 Å². The molecule has 0 amide bonds. The Balaban J connectivity index is 2.61. The van der Waals surface area contributed by atoms with Crippen molar-refractivity contribution in [2.45, 2.75) is 24.8 Å². The Bertz CT molecular complexity index is 839. The number of para-hydroxylation sites is 1. The summed E-state index contributed by atoms with van der Waals surface area (Å²) in [5.41, 5.74) is 0.483. The zero-order valence-corrected chi connectivity index (χ0v) is 14.3. The normalized spacial score (nSPS) is 11.7. The second-order valence-corrected chi connectivity index (χ2v) is 7.26. The molecule has 0 aliphatic rings. The minimum absolute atomic E-state index is 0.0345. The molecule has 0 bridgehead atoms. The number of aromatic nitrogens is 2. The average molecular weight is 358 g/mol. The Kier molecular flexibility index (Phi) is 4.67. The number of aryl methyl sites for hydroxylation is 1. The van der Waals surface area contributed by atoms with Crippen LogP contribution in [0.5, 0.6) is 0 Å². The molecule has 1 aromatic carbocycles. The number of benzene rings is 1. The average Bonchev–Trinajstić information content (AvgIpc) is 2.78. The van der Waals surface area contributed by atoms with Gasteiger partial charge < -0.3 is 5.11 Å². The van der Waals surface area contributed by atoms with Gasteiger partial charge in [0, 0.05) is 7.05 Å². The number of aromatic carboxylic acids is 1. The Labute approximate surface area is 138 Å². The van der Waals surface area contributed by atoms with Gasteiger partial charge in [-0.1, -0.05) is 37.6 Å². The van der Waals surface area contributed by atoms with Gasteiger partial charge in [-0.15, -0.1) is 0 Å². The number of nitrogens with one attached hydrogen (secondary N) is 1. The molecule has 0 atom stereocenters. The first-order valence-electron chi connectivity index (χ1n) is 6.71. The van der Waals surface area contributed by atoms with Gasteiger partial charge in [0.2, 0.25) is 0 Å². The summed E-state index contributed by atoms with van der Waals surface area (Å²) in [6.07, 6.45) is 1.21. The zero-order valence-electron chi connectivity index (χ0n) is 12.7. The molecule has 23 heavy (non-hydrogen) atoms. The Morgan fingerprint density at radius 2 is 2.04 bits per heavy atom. The van der Waals surface area contributed by atoms with Crippen molar-refractivity contribution >= 4 is 33.3 Å². The highest BCUT2D eigenvalue weighted by Gasteiger charge is 2.26. The smallest absolute Gasteiger partial charge is 0.337 e. The first-order valence-corrected chi connectivity index (χ1v) is 8.57. The van der Waals surface area contributed by atoms with E-state index in [-0.39, 0.29) is 27.2 Å². The van der Waals surface area contributed by atoms with Crippen LogP contribution < -0.4 is 4.72 Å². The van der Waals surface area contributed by atoms with Crippen molar-refractivity contribution in [3.63, 3.8) is 0 Å². The Morgan fingerprint density at radius 3 is 2.52 bits per heavy atom. The molecule has 7 nitrogen and oxygen atoms in total. The van der Waals surface area contributed by atoms with Crippen LogP contribution >= 0.6 is 11.6 Å². The predicted octanol–water partition coefficient (Wildman–Crippen LogP) is 2.70. The molecule has 124 valence electrons. The fourth-order valence-electron chi connectivity index (χ4n) is 2.23. The highest BCUT2D eigenvalue weighted by Crippen LogP contribution is 2.31. The lowest BCUT2D eigenvalue weighted by Gasteiger charge is -2.17. The molecule has 0 aliphatic carbocycles. The Morgan fingerprint density at radius 1 is 1.39 bits per heavy atom. The first kappa shape index (κ1) is 17.3. The number of rotatable bonds is 5. The molecule has 0 fully saturated rings. The highest BCUT2D eigenvalue weighted by molar-refractivity contribution is 7.92. The number of carboxylic acid groups (broad SMARTS) is 1. The van der Waals surface area contributed by atoms with Crippen molar-refractivity contribution in [1.29, 1.82) is 0 Å². The van der Waals surface area contributed by atoms with Crippen molar-refractivity contribution in [2.24, 2.45) is 7.05 Å². The Hall–Kier alpha value is -2.06. The zero-order chi connectivity index (χ0) is 17.4. The van der Waals surface area contributed by atoms with E-state index in [4.69, 9.17) is 11.6 Å². The van der Waals surface area contributed by atoms with Crippen molar-refractivity contribution < 1.29 is 18.3 Å². The number of carbonyl (C=O) groups is 1. The summed E-state index contributed by atoms with van der Waals surface area (Å²) in [6.45, 7) is 3.69. The molecule has 0 radical (unpaired) electrons. The fraction of sp³-hybridized carbons (Fsp3) is 0.286. The number of anilines is 1. The van der Waals surface area contributed by atoms with Crippen LogP contribution in [0.4, 0.5) is 5.69 Å². The largest absolute Gasteiger partial charge is 0.478 e. The standard InChI is InChI=1S/C14H16ClN3O4S/c1-8(2)9-5-4-6-10(14(19)20)12(9)17-23(21,22)13-11(15)7-16-18(13)3/h4-8,17H,1-3H3,(H,19,20). The second-order valence-electron chi connectivity index (χ2n) is 5.26. The van der Waals surface area contributed by atoms with Crippen LogP contribution in [-0.2, 0) is 17.1 Å². The maximum atomic E-state index is 12.6. The number of halogens is 1. The number of sulfonamides is 1. The molecule has 2 aromatic rings. The molecule has 2 N–H and O–H groups in total. The lowest BCUT2D eigenvalue weighted by molar-refractivity contribution is 0.0698. The third-order valence-electron chi connectivity index (χ3n) is 3.28. The van der Waals surface area contributed by atoms with E-state index in [1.54, 1.807) is 12.1 Å². The van der Waals surface area contributed by atoms with Crippen molar-refractivity contribution in [2.75, 3.05) is 4.72 Å². The van der Waals surface area contributed by atoms with Crippen LogP contribution in [0.15, 0.2) is 29.4 Å². The summed E-state index contributed by atoms with van der Waals surface area (Å²) in [6, 6.07) is 4.60. The molecule has 1 aromatic heterocycles. The van der Waals surface area contributed by atoms with Gasteiger partial charge in [0.1, 0.15) is 0 Å². The van der Waals surface area contributed by atoms with E-state index in [1.807, 2.05) is 13.8 Å². The second kappa shape index (κ2) is 6.21. The fourth-order valence-corrected chi connectivity index (χ4v) is 4.00. The lowest BCUT2D eigenvalue weighted by Crippen LogP contribution is -2.20. The van der Waals surface area contributed by atoms with E-state index >= 15 is 0 Å². The number of carboxylic acids is 1. The van der Waals surface area contributed by atoms with Crippen LogP contribution in [0.3, 0.4) is 0 Å². The van der Waals surface area contributed by atoms with Gasteiger partial charge in [-0.25, -0.2) is 4.79 Å². The predicted molar refractivity (Wildman–Crippen MR) is 86.5 cm³/mol. The summed E-state index contributed by atoms with van der Waals surface area (Å²) < 4.78 is 28.7. The molecule has 0 spiro atoms. The van der Waals surface area contributed by atoms with Gasteiger partial charge >= 0.3 is 5.97 Å². The molecule has 2 rings (SSSR count). The number of hydrogen-bond donors (Lipinski definition) is 2. The summed E-state index contributed by atoms with van der Waals surface area (Å²) in [5, 5.41) is 12.8. The quantitative estimate of drug-likeness (QED) is 0.856. The molecule has 1 heterocycles.